The van der Waals surface area contributed by atoms with Crippen LogP contribution in [0.2, 0.25) is 0 Å². The molecule has 0 N–H and O–H groups in total. The monoisotopic (exact) mass is 261 g/mol. The Labute approximate surface area is 111 Å². The molecule has 0 saturated carbocycles. The third-order valence-corrected chi connectivity index (χ3v) is 2.30. The number of hydrogen-bond acceptors (Lipinski definition) is 3. The zero-order chi connectivity index (χ0) is 12.8. The van der Waals surface area contributed by atoms with E-state index in [0.29, 0.717) is 18.2 Å². The van der Waals surface area contributed by atoms with Gasteiger partial charge in [-0.25, -0.2) is 0 Å². The zero-order valence-electron chi connectivity index (χ0n) is 9.93. The summed E-state index contributed by atoms with van der Waals surface area (Å²) in [7, 11) is 1.87. The van der Waals surface area contributed by atoms with Crippen molar-refractivity contribution in [3.05, 3.63) is 42.0 Å². The fourth-order valence-electron chi connectivity index (χ4n) is 1.40. The number of hydrogen-bond donors (Lipinski definition) is 0. The Morgan fingerprint density at radius 3 is 3.06 bits per heavy atom. The minimum absolute atomic E-state index is 0.305. The van der Waals surface area contributed by atoms with Crippen LogP contribution in [0.5, 0.6) is 5.75 Å². The Morgan fingerprint density at radius 2 is 2.33 bits per heavy atom. The number of nitrogens with zero attached hydrogens (tertiary/aromatic N) is 3. The van der Waals surface area contributed by atoms with E-state index < -0.39 is 0 Å². The van der Waals surface area contributed by atoms with E-state index in [1.165, 1.54) is 0 Å². The summed E-state index contributed by atoms with van der Waals surface area (Å²) in [5.41, 5.74) is 1.66. The molecule has 0 fully saturated rings. The second-order valence-electron chi connectivity index (χ2n) is 3.61. The van der Waals surface area contributed by atoms with E-state index in [1.807, 2.05) is 25.4 Å². The molecule has 0 aliphatic heterocycles. The summed E-state index contributed by atoms with van der Waals surface area (Å²) in [5, 5.41) is 4.22. The van der Waals surface area contributed by atoms with E-state index in [9.17, 15) is 0 Å². The smallest absolute Gasteiger partial charge is 0.139 e. The van der Waals surface area contributed by atoms with Gasteiger partial charge in [0.25, 0.3) is 0 Å². The molecule has 2 rings (SSSR count). The van der Waals surface area contributed by atoms with Crippen molar-refractivity contribution >= 4 is 11.6 Å². The van der Waals surface area contributed by atoms with Crippen LogP contribution in [0.1, 0.15) is 11.3 Å². The molecule has 2 aromatic heterocycles. The molecule has 0 radical (unpaired) electrons. The van der Waals surface area contributed by atoms with Crippen molar-refractivity contribution < 1.29 is 4.74 Å². The van der Waals surface area contributed by atoms with E-state index in [1.54, 1.807) is 17.1 Å². The number of halogens is 1. The average Bonchev–Trinajstić information content (AvgIpc) is 2.80. The molecule has 2 aromatic rings. The highest BCUT2D eigenvalue weighted by molar-refractivity contribution is 6.19. The highest BCUT2D eigenvalue weighted by atomic mass is 35.5. The summed E-state index contributed by atoms with van der Waals surface area (Å²) < 4.78 is 7.32. The summed E-state index contributed by atoms with van der Waals surface area (Å²) in [6.45, 7) is 0.412. The second-order valence-corrected chi connectivity index (χ2v) is 3.88. The lowest BCUT2D eigenvalue weighted by Gasteiger charge is -2.03. The molecule has 0 aliphatic rings. The molecule has 2 heterocycles. The van der Waals surface area contributed by atoms with Gasteiger partial charge in [-0.15, -0.1) is 11.6 Å². The van der Waals surface area contributed by atoms with Gasteiger partial charge in [0.15, 0.2) is 0 Å². The van der Waals surface area contributed by atoms with E-state index in [4.69, 9.17) is 16.3 Å². The Hall–Kier alpha value is -1.99. The molecule has 0 spiro atoms. The lowest BCUT2D eigenvalue weighted by atomic mass is 10.3. The third-order valence-electron chi connectivity index (χ3n) is 2.17. The van der Waals surface area contributed by atoms with Gasteiger partial charge in [-0.3, -0.25) is 9.67 Å². The molecule has 0 aromatic carbocycles. The van der Waals surface area contributed by atoms with Gasteiger partial charge in [0, 0.05) is 25.0 Å². The van der Waals surface area contributed by atoms with Crippen molar-refractivity contribution in [1.29, 1.82) is 0 Å². The first kappa shape index (κ1) is 12.5. The number of alkyl halides is 1. The fraction of sp³-hybridized carbons (Fsp3) is 0.231. The van der Waals surface area contributed by atoms with Crippen molar-refractivity contribution in [3.63, 3.8) is 0 Å². The van der Waals surface area contributed by atoms with Gasteiger partial charge in [-0.1, -0.05) is 11.8 Å². The van der Waals surface area contributed by atoms with Crippen molar-refractivity contribution in [1.82, 2.24) is 14.8 Å². The van der Waals surface area contributed by atoms with Gasteiger partial charge in [-0.2, -0.15) is 5.10 Å². The minimum atomic E-state index is 0.305. The summed E-state index contributed by atoms with van der Waals surface area (Å²) in [4.78, 5) is 4.06. The molecule has 0 unspecified atom stereocenters. The molecule has 18 heavy (non-hydrogen) atoms. The first-order valence-corrected chi connectivity index (χ1v) is 5.92. The number of aromatic nitrogens is 3. The van der Waals surface area contributed by atoms with Crippen LogP contribution < -0.4 is 4.74 Å². The SMILES string of the molecule is Cn1ccc(COc2cncc(C#CCCl)c2)n1. The lowest BCUT2D eigenvalue weighted by molar-refractivity contribution is 0.299. The molecule has 0 bridgehead atoms. The zero-order valence-corrected chi connectivity index (χ0v) is 10.7. The highest BCUT2D eigenvalue weighted by Crippen LogP contribution is 2.12. The normalized spacial score (nSPS) is 9.67. The van der Waals surface area contributed by atoms with Crippen LogP contribution in [0, 0.1) is 11.8 Å². The van der Waals surface area contributed by atoms with Gasteiger partial charge in [0.2, 0.25) is 0 Å². The van der Waals surface area contributed by atoms with Crippen LogP contribution >= 0.6 is 11.6 Å². The molecule has 0 atom stereocenters. The maximum Gasteiger partial charge on any atom is 0.139 e. The molecular weight excluding hydrogens is 250 g/mol. The van der Waals surface area contributed by atoms with Crippen molar-refractivity contribution in [3.8, 4) is 17.6 Å². The van der Waals surface area contributed by atoms with Crippen LogP contribution in [0.25, 0.3) is 0 Å². The van der Waals surface area contributed by atoms with E-state index in [2.05, 4.69) is 21.9 Å². The largest absolute Gasteiger partial charge is 0.486 e. The topological polar surface area (TPSA) is 39.9 Å². The molecule has 0 saturated heterocycles. The number of aryl methyl sites for hydroxylation is 1. The van der Waals surface area contributed by atoms with Gasteiger partial charge in [0.1, 0.15) is 12.4 Å². The summed E-state index contributed by atoms with van der Waals surface area (Å²) in [6, 6.07) is 3.74. The van der Waals surface area contributed by atoms with E-state index >= 15 is 0 Å². The number of rotatable bonds is 3. The molecule has 0 amide bonds. The lowest BCUT2D eigenvalue weighted by Crippen LogP contribution is -1.98. The van der Waals surface area contributed by atoms with E-state index in [-0.39, 0.29) is 0 Å². The van der Waals surface area contributed by atoms with Gasteiger partial charge < -0.3 is 4.74 Å². The Kier molecular flexibility index (Phi) is 4.21. The Balaban J connectivity index is 2.01. The fourth-order valence-corrected chi connectivity index (χ4v) is 1.47. The van der Waals surface area contributed by atoms with Crippen LogP contribution in [0.15, 0.2) is 30.7 Å². The quantitative estimate of drug-likeness (QED) is 0.627. The highest BCUT2D eigenvalue weighted by Gasteiger charge is 2.00. The summed E-state index contributed by atoms with van der Waals surface area (Å²) in [5.74, 6) is 6.64. The van der Waals surface area contributed by atoms with Crippen LogP contribution in [0.4, 0.5) is 0 Å². The maximum atomic E-state index is 5.59. The summed E-state index contributed by atoms with van der Waals surface area (Å²) >= 11 is 5.50. The Morgan fingerprint density at radius 1 is 1.44 bits per heavy atom. The van der Waals surface area contributed by atoms with Gasteiger partial charge >= 0.3 is 0 Å². The van der Waals surface area contributed by atoms with Gasteiger partial charge in [-0.05, 0) is 12.1 Å². The van der Waals surface area contributed by atoms with Crippen molar-refractivity contribution in [2.75, 3.05) is 5.88 Å². The second kappa shape index (κ2) is 6.08. The van der Waals surface area contributed by atoms with Crippen LogP contribution in [-0.2, 0) is 13.7 Å². The molecule has 0 aliphatic carbocycles. The third kappa shape index (κ3) is 3.51. The van der Waals surface area contributed by atoms with Crippen LogP contribution in [0.3, 0.4) is 0 Å². The molecule has 5 heteroatoms. The van der Waals surface area contributed by atoms with E-state index in [0.717, 1.165) is 11.3 Å². The average molecular weight is 262 g/mol. The van der Waals surface area contributed by atoms with Crippen LogP contribution in [-0.4, -0.2) is 20.6 Å². The predicted octanol–water partition coefficient (Wildman–Crippen LogP) is 1.98. The first-order chi connectivity index (χ1) is 8.78. The van der Waals surface area contributed by atoms with Crippen molar-refractivity contribution in [2.24, 2.45) is 7.05 Å². The molecular formula is C13H12ClN3O. The first-order valence-electron chi connectivity index (χ1n) is 5.39. The van der Waals surface area contributed by atoms with Gasteiger partial charge in [0.05, 0.1) is 17.8 Å². The minimum Gasteiger partial charge on any atom is -0.486 e. The van der Waals surface area contributed by atoms with Crippen molar-refractivity contribution in [2.45, 2.75) is 6.61 Å². The Bertz CT molecular complexity index is 583. The number of pyridine rings is 1. The predicted molar refractivity (Wildman–Crippen MR) is 69.4 cm³/mol. The molecule has 92 valence electrons. The standard InChI is InChI=1S/C13H12ClN3O/c1-17-6-4-12(16-17)10-18-13-7-11(3-2-5-14)8-15-9-13/h4,6-9H,5,10H2,1H3. The number of ether oxygens (including phenoxy) is 1. The summed E-state index contributed by atoms with van der Waals surface area (Å²) in [6.07, 6.45) is 5.20. The molecule has 4 nitrogen and oxygen atoms in total. The maximum absolute atomic E-state index is 5.59.